The quantitative estimate of drug-likeness (QED) is 0.783. The van der Waals surface area contributed by atoms with Gasteiger partial charge in [0.2, 0.25) is 17.8 Å². The third-order valence-corrected chi connectivity index (χ3v) is 3.69. The molecule has 3 rings (SSSR count). The van der Waals surface area contributed by atoms with E-state index in [2.05, 4.69) is 25.2 Å². The van der Waals surface area contributed by atoms with Gasteiger partial charge in [-0.25, -0.2) is 0 Å². The van der Waals surface area contributed by atoms with Crippen LogP contribution in [0.1, 0.15) is 13.3 Å². The molecule has 0 radical (unpaired) electrons. The number of aliphatic hydroxyl groups is 1. The molecule has 2 fully saturated rings. The summed E-state index contributed by atoms with van der Waals surface area (Å²) >= 11 is 0. The summed E-state index contributed by atoms with van der Waals surface area (Å²) in [6.45, 7) is 7.10. The summed E-state index contributed by atoms with van der Waals surface area (Å²) in [5.41, 5.74) is 0. The third-order valence-electron chi connectivity index (χ3n) is 3.69. The number of hydrogen-bond acceptors (Lipinski definition) is 8. The molecule has 1 atom stereocenters. The molecule has 21 heavy (non-hydrogen) atoms. The molecular formula is C13H22N6O2. The van der Waals surface area contributed by atoms with E-state index < -0.39 is 0 Å². The van der Waals surface area contributed by atoms with Crippen LogP contribution in [-0.4, -0.2) is 72.1 Å². The topological polar surface area (TPSA) is 86.6 Å². The highest BCUT2D eigenvalue weighted by molar-refractivity contribution is 5.46. The smallest absolute Gasteiger partial charge is 0.232 e. The minimum Gasteiger partial charge on any atom is -0.391 e. The fourth-order valence-electron chi connectivity index (χ4n) is 2.56. The molecule has 0 aromatic carbocycles. The second-order valence-electron chi connectivity index (χ2n) is 5.28. The molecule has 0 bridgehead atoms. The van der Waals surface area contributed by atoms with E-state index in [1.807, 2.05) is 11.8 Å². The van der Waals surface area contributed by atoms with E-state index in [9.17, 15) is 5.11 Å². The van der Waals surface area contributed by atoms with E-state index in [4.69, 9.17) is 4.74 Å². The Morgan fingerprint density at radius 1 is 1.14 bits per heavy atom. The Kier molecular flexibility index (Phi) is 4.35. The van der Waals surface area contributed by atoms with Crippen molar-refractivity contribution in [3.63, 3.8) is 0 Å². The SMILES string of the molecule is CCNc1nc(N2CCOCC2)nc(N2CCC(O)C2)n1. The van der Waals surface area contributed by atoms with Crippen LogP contribution in [0.2, 0.25) is 0 Å². The predicted octanol–water partition coefficient (Wildman–Crippen LogP) is -0.289. The second kappa shape index (κ2) is 6.40. The van der Waals surface area contributed by atoms with Gasteiger partial charge in [-0.05, 0) is 13.3 Å². The summed E-state index contributed by atoms with van der Waals surface area (Å²) in [6.07, 6.45) is 0.464. The molecule has 1 aromatic rings. The second-order valence-corrected chi connectivity index (χ2v) is 5.28. The van der Waals surface area contributed by atoms with Gasteiger partial charge in [-0.15, -0.1) is 0 Å². The first-order valence-corrected chi connectivity index (χ1v) is 7.52. The van der Waals surface area contributed by atoms with Crippen LogP contribution in [0.3, 0.4) is 0 Å². The monoisotopic (exact) mass is 294 g/mol. The zero-order valence-electron chi connectivity index (χ0n) is 12.3. The minimum atomic E-state index is -0.295. The number of β-amino-alcohol motifs (C(OH)–C–C–N with tert-alkyl or cyclic N) is 1. The van der Waals surface area contributed by atoms with Crippen molar-refractivity contribution in [3.05, 3.63) is 0 Å². The lowest BCUT2D eigenvalue weighted by atomic mass is 10.3. The Bertz CT molecular complexity index is 457. The largest absolute Gasteiger partial charge is 0.391 e. The van der Waals surface area contributed by atoms with E-state index >= 15 is 0 Å². The van der Waals surface area contributed by atoms with Gasteiger partial charge in [0.15, 0.2) is 0 Å². The molecule has 2 aliphatic rings. The number of aliphatic hydroxyl groups excluding tert-OH is 1. The Hall–Kier alpha value is -1.67. The van der Waals surface area contributed by atoms with Crippen LogP contribution in [-0.2, 0) is 4.74 Å². The van der Waals surface area contributed by atoms with Gasteiger partial charge >= 0.3 is 0 Å². The van der Waals surface area contributed by atoms with Crippen molar-refractivity contribution < 1.29 is 9.84 Å². The average molecular weight is 294 g/mol. The molecule has 2 aliphatic heterocycles. The van der Waals surface area contributed by atoms with E-state index in [0.717, 1.165) is 32.6 Å². The summed E-state index contributed by atoms with van der Waals surface area (Å²) in [6, 6.07) is 0. The van der Waals surface area contributed by atoms with E-state index in [1.165, 1.54) is 0 Å². The number of rotatable bonds is 4. The van der Waals surface area contributed by atoms with Crippen molar-refractivity contribution in [1.82, 2.24) is 15.0 Å². The number of ether oxygens (including phenoxy) is 1. The maximum atomic E-state index is 9.70. The number of nitrogens with zero attached hydrogens (tertiary/aromatic N) is 5. The van der Waals surface area contributed by atoms with Crippen LogP contribution < -0.4 is 15.1 Å². The van der Waals surface area contributed by atoms with E-state index in [0.29, 0.717) is 37.6 Å². The molecule has 8 nitrogen and oxygen atoms in total. The maximum Gasteiger partial charge on any atom is 0.232 e. The highest BCUT2D eigenvalue weighted by Gasteiger charge is 2.25. The Morgan fingerprint density at radius 2 is 1.86 bits per heavy atom. The molecule has 0 aliphatic carbocycles. The molecule has 0 saturated carbocycles. The summed E-state index contributed by atoms with van der Waals surface area (Å²) in [4.78, 5) is 17.6. The zero-order chi connectivity index (χ0) is 14.7. The highest BCUT2D eigenvalue weighted by Crippen LogP contribution is 2.21. The fourth-order valence-corrected chi connectivity index (χ4v) is 2.56. The average Bonchev–Trinajstić information content (AvgIpc) is 2.95. The third kappa shape index (κ3) is 3.33. The molecule has 0 amide bonds. The molecule has 1 aromatic heterocycles. The standard InChI is InChI=1S/C13H22N6O2/c1-2-14-11-15-12(18-5-7-21-8-6-18)17-13(16-11)19-4-3-10(20)9-19/h10,20H,2-9H2,1H3,(H,14,15,16,17). The molecule has 0 spiro atoms. The zero-order valence-corrected chi connectivity index (χ0v) is 12.3. The summed E-state index contributed by atoms with van der Waals surface area (Å²) in [5.74, 6) is 1.91. The summed E-state index contributed by atoms with van der Waals surface area (Å²) in [5, 5.41) is 12.8. The molecule has 116 valence electrons. The Balaban J connectivity index is 1.86. The molecule has 3 heterocycles. The lowest BCUT2D eigenvalue weighted by molar-refractivity contribution is 0.122. The van der Waals surface area contributed by atoms with Crippen molar-refractivity contribution in [2.75, 3.05) is 61.1 Å². The van der Waals surface area contributed by atoms with E-state index in [1.54, 1.807) is 0 Å². The van der Waals surface area contributed by atoms with Gasteiger partial charge in [-0.3, -0.25) is 0 Å². The summed E-state index contributed by atoms with van der Waals surface area (Å²) in [7, 11) is 0. The number of anilines is 3. The van der Waals surface area contributed by atoms with Crippen molar-refractivity contribution >= 4 is 17.8 Å². The first-order valence-electron chi connectivity index (χ1n) is 7.52. The van der Waals surface area contributed by atoms with Crippen molar-refractivity contribution in [2.45, 2.75) is 19.4 Å². The van der Waals surface area contributed by atoms with Gasteiger partial charge < -0.3 is 25.0 Å². The van der Waals surface area contributed by atoms with Gasteiger partial charge in [0.05, 0.1) is 19.3 Å². The van der Waals surface area contributed by atoms with Gasteiger partial charge in [-0.1, -0.05) is 0 Å². The number of nitrogens with one attached hydrogen (secondary N) is 1. The van der Waals surface area contributed by atoms with Gasteiger partial charge in [0.1, 0.15) is 0 Å². The van der Waals surface area contributed by atoms with Crippen LogP contribution in [0.4, 0.5) is 17.8 Å². The molecule has 2 N–H and O–H groups in total. The van der Waals surface area contributed by atoms with Crippen LogP contribution in [0.5, 0.6) is 0 Å². The van der Waals surface area contributed by atoms with Crippen LogP contribution >= 0.6 is 0 Å². The number of aromatic nitrogens is 3. The first-order chi connectivity index (χ1) is 10.3. The molecule has 8 heteroatoms. The van der Waals surface area contributed by atoms with Crippen molar-refractivity contribution in [1.29, 1.82) is 0 Å². The van der Waals surface area contributed by atoms with E-state index in [-0.39, 0.29) is 6.10 Å². The van der Waals surface area contributed by atoms with Crippen LogP contribution in [0, 0.1) is 0 Å². The van der Waals surface area contributed by atoms with Gasteiger partial charge in [0, 0.05) is 32.7 Å². The summed E-state index contributed by atoms with van der Waals surface area (Å²) < 4.78 is 5.37. The van der Waals surface area contributed by atoms with Crippen LogP contribution in [0.15, 0.2) is 0 Å². The van der Waals surface area contributed by atoms with Gasteiger partial charge in [0.25, 0.3) is 0 Å². The molecule has 1 unspecified atom stereocenters. The highest BCUT2D eigenvalue weighted by atomic mass is 16.5. The Morgan fingerprint density at radius 3 is 2.48 bits per heavy atom. The molecular weight excluding hydrogens is 272 g/mol. The van der Waals surface area contributed by atoms with Gasteiger partial charge in [-0.2, -0.15) is 15.0 Å². The lowest BCUT2D eigenvalue weighted by Gasteiger charge is -2.27. The van der Waals surface area contributed by atoms with Crippen molar-refractivity contribution in [2.24, 2.45) is 0 Å². The number of morpholine rings is 1. The first kappa shape index (κ1) is 14.3. The maximum absolute atomic E-state index is 9.70. The fraction of sp³-hybridized carbons (Fsp3) is 0.769. The lowest BCUT2D eigenvalue weighted by Crippen LogP contribution is -2.38. The predicted molar refractivity (Wildman–Crippen MR) is 79.9 cm³/mol. The Labute approximate surface area is 124 Å². The minimum absolute atomic E-state index is 0.295. The molecule has 2 saturated heterocycles. The van der Waals surface area contributed by atoms with Crippen LogP contribution in [0.25, 0.3) is 0 Å². The van der Waals surface area contributed by atoms with Crippen molar-refractivity contribution in [3.8, 4) is 0 Å². The normalized spacial score (nSPS) is 22.7. The number of hydrogen-bond donors (Lipinski definition) is 2.